The number of benzene rings is 1. The first kappa shape index (κ1) is 13.9. The first-order valence-electron chi connectivity index (χ1n) is 5.08. The Bertz CT molecular complexity index is 647. The molecule has 0 radical (unpaired) electrons. The van der Waals surface area contributed by atoms with E-state index in [1.165, 1.54) is 12.3 Å². The Labute approximate surface area is 123 Å². The number of aromatic carboxylic acids is 1. The molecule has 0 saturated heterocycles. The molecule has 4 nitrogen and oxygen atoms in total. The van der Waals surface area contributed by atoms with Crippen LogP contribution in [0.15, 0.2) is 30.5 Å². The Morgan fingerprint density at radius 3 is 2.53 bits per heavy atom. The second-order valence-electron chi connectivity index (χ2n) is 3.60. The van der Waals surface area contributed by atoms with Gasteiger partial charge in [-0.1, -0.05) is 34.8 Å². The van der Waals surface area contributed by atoms with Gasteiger partial charge in [0.15, 0.2) is 0 Å². The minimum Gasteiger partial charge on any atom is -0.478 e. The Kier molecular flexibility index (Phi) is 4.14. The fourth-order valence-corrected chi connectivity index (χ4v) is 2.04. The van der Waals surface area contributed by atoms with Crippen LogP contribution < -0.4 is 5.32 Å². The van der Waals surface area contributed by atoms with Crippen LogP contribution in [0.5, 0.6) is 0 Å². The maximum absolute atomic E-state index is 11.0. The third kappa shape index (κ3) is 3.29. The first-order chi connectivity index (χ1) is 8.97. The third-order valence-electron chi connectivity index (χ3n) is 2.28. The van der Waals surface area contributed by atoms with Crippen LogP contribution in [0.3, 0.4) is 0 Å². The number of carboxylic acids is 1. The number of carboxylic acid groups (broad SMARTS) is 1. The van der Waals surface area contributed by atoms with E-state index in [0.29, 0.717) is 21.6 Å². The Morgan fingerprint density at radius 1 is 1.16 bits per heavy atom. The van der Waals surface area contributed by atoms with Gasteiger partial charge in [0.25, 0.3) is 0 Å². The number of rotatable bonds is 3. The lowest BCUT2D eigenvalue weighted by molar-refractivity contribution is 0.0697. The van der Waals surface area contributed by atoms with Crippen molar-refractivity contribution >= 4 is 52.3 Å². The van der Waals surface area contributed by atoms with Crippen molar-refractivity contribution in [2.24, 2.45) is 0 Å². The largest absolute Gasteiger partial charge is 0.478 e. The molecule has 2 N–H and O–H groups in total. The number of halogens is 3. The highest BCUT2D eigenvalue weighted by Gasteiger charge is 2.11. The highest BCUT2D eigenvalue weighted by Crippen LogP contribution is 2.28. The lowest BCUT2D eigenvalue weighted by Crippen LogP contribution is -2.01. The van der Waals surface area contributed by atoms with Crippen LogP contribution in [-0.2, 0) is 0 Å². The minimum atomic E-state index is -1.13. The summed E-state index contributed by atoms with van der Waals surface area (Å²) in [5.41, 5.74) is 0.529. The molecule has 1 heterocycles. The fourth-order valence-electron chi connectivity index (χ4n) is 1.40. The normalized spacial score (nSPS) is 10.3. The summed E-state index contributed by atoms with van der Waals surface area (Å²) in [6.07, 6.45) is 1.26. The predicted molar refractivity (Wildman–Crippen MR) is 76.0 cm³/mol. The fraction of sp³-hybridized carbons (Fsp3) is 0. The van der Waals surface area contributed by atoms with Gasteiger partial charge in [-0.05, 0) is 24.3 Å². The molecule has 19 heavy (non-hydrogen) atoms. The van der Waals surface area contributed by atoms with Gasteiger partial charge in [-0.15, -0.1) is 0 Å². The van der Waals surface area contributed by atoms with E-state index in [4.69, 9.17) is 39.9 Å². The van der Waals surface area contributed by atoms with Crippen molar-refractivity contribution in [3.05, 3.63) is 51.1 Å². The summed E-state index contributed by atoms with van der Waals surface area (Å²) < 4.78 is 0. The number of carbonyl (C=O) groups is 1. The molecule has 0 bridgehead atoms. The van der Waals surface area contributed by atoms with Gasteiger partial charge in [0.05, 0.1) is 21.3 Å². The van der Waals surface area contributed by atoms with Crippen molar-refractivity contribution in [1.82, 2.24) is 4.98 Å². The van der Waals surface area contributed by atoms with E-state index in [9.17, 15) is 4.79 Å². The molecule has 0 aliphatic rings. The summed E-state index contributed by atoms with van der Waals surface area (Å²) in [6.45, 7) is 0. The molecule has 0 aliphatic carbocycles. The van der Waals surface area contributed by atoms with Gasteiger partial charge in [-0.25, -0.2) is 9.78 Å². The molecule has 2 rings (SSSR count). The molecular formula is C12H7Cl3N2O2. The van der Waals surface area contributed by atoms with Gasteiger partial charge >= 0.3 is 5.97 Å². The zero-order chi connectivity index (χ0) is 14.0. The van der Waals surface area contributed by atoms with E-state index in [2.05, 4.69) is 10.3 Å². The number of nitrogens with zero attached hydrogens (tertiary/aromatic N) is 1. The summed E-state index contributed by atoms with van der Waals surface area (Å²) in [4.78, 5) is 14.9. The van der Waals surface area contributed by atoms with Gasteiger partial charge in [-0.3, -0.25) is 0 Å². The number of hydrogen-bond donors (Lipinski definition) is 2. The second-order valence-corrected chi connectivity index (χ2v) is 4.85. The molecule has 0 unspecified atom stereocenters. The Hall–Kier alpha value is -1.49. The average molecular weight is 318 g/mol. The molecule has 2 aromatic rings. The maximum Gasteiger partial charge on any atom is 0.337 e. The van der Waals surface area contributed by atoms with Gasteiger partial charge in [-0.2, -0.15) is 0 Å². The van der Waals surface area contributed by atoms with Crippen LogP contribution in [0, 0.1) is 0 Å². The predicted octanol–water partition coefficient (Wildman–Crippen LogP) is 4.48. The number of aromatic nitrogens is 1. The summed E-state index contributed by atoms with van der Waals surface area (Å²) >= 11 is 17.5. The second kappa shape index (κ2) is 5.65. The average Bonchev–Trinajstić information content (AvgIpc) is 2.34. The monoisotopic (exact) mass is 316 g/mol. The van der Waals surface area contributed by atoms with Crippen LogP contribution in [0.2, 0.25) is 15.1 Å². The highest BCUT2D eigenvalue weighted by molar-refractivity contribution is 6.36. The SMILES string of the molecule is O=C(O)c1cc(Nc2ccc(Cl)cc2Cl)ncc1Cl. The molecule has 1 aromatic heterocycles. The standard InChI is InChI=1S/C12H7Cl3N2O2/c13-6-1-2-10(8(14)3-6)17-11-4-7(12(18)19)9(15)5-16-11/h1-5H,(H,16,17)(H,18,19). The van der Waals surface area contributed by atoms with Crippen LogP contribution in [-0.4, -0.2) is 16.1 Å². The maximum atomic E-state index is 11.0. The zero-order valence-electron chi connectivity index (χ0n) is 9.32. The van der Waals surface area contributed by atoms with Crippen molar-refractivity contribution in [3.63, 3.8) is 0 Å². The van der Waals surface area contributed by atoms with E-state index in [0.717, 1.165) is 0 Å². The first-order valence-corrected chi connectivity index (χ1v) is 6.21. The van der Waals surface area contributed by atoms with Gasteiger partial charge in [0.2, 0.25) is 0 Å². The molecule has 0 saturated carbocycles. The number of anilines is 2. The van der Waals surface area contributed by atoms with Gasteiger partial charge in [0, 0.05) is 11.2 Å². The Balaban J connectivity index is 2.33. The van der Waals surface area contributed by atoms with Crippen molar-refractivity contribution in [2.45, 2.75) is 0 Å². The van der Waals surface area contributed by atoms with Crippen LogP contribution in [0.25, 0.3) is 0 Å². The molecule has 98 valence electrons. The lowest BCUT2D eigenvalue weighted by atomic mass is 10.2. The molecule has 0 atom stereocenters. The van der Waals surface area contributed by atoms with Crippen molar-refractivity contribution in [2.75, 3.05) is 5.32 Å². The van der Waals surface area contributed by atoms with Crippen molar-refractivity contribution in [3.8, 4) is 0 Å². The quantitative estimate of drug-likeness (QED) is 0.876. The van der Waals surface area contributed by atoms with Crippen LogP contribution in [0.1, 0.15) is 10.4 Å². The molecule has 0 spiro atoms. The minimum absolute atomic E-state index is 0.0377. The van der Waals surface area contributed by atoms with E-state index in [-0.39, 0.29) is 10.6 Å². The number of pyridine rings is 1. The Morgan fingerprint density at radius 2 is 1.89 bits per heavy atom. The van der Waals surface area contributed by atoms with E-state index in [1.54, 1.807) is 18.2 Å². The molecule has 0 fully saturated rings. The topological polar surface area (TPSA) is 62.2 Å². The summed E-state index contributed by atoms with van der Waals surface area (Å²) in [5, 5.41) is 12.8. The smallest absolute Gasteiger partial charge is 0.337 e. The molecule has 7 heteroatoms. The summed E-state index contributed by atoms with van der Waals surface area (Å²) in [5.74, 6) is -0.802. The summed E-state index contributed by atoms with van der Waals surface area (Å²) in [7, 11) is 0. The zero-order valence-corrected chi connectivity index (χ0v) is 11.6. The lowest BCUT2D eigenvalue weighted by Gasteiger charge is -2.09. The van der Waals surface area contributed by atoms with Crippen molar-refractivity contribution < 1.29 is 9.90 Å². The number of nitrogens with one attached hydrogen (secondary N) is 1. The summed E-state index contributed by atoms with van der Waals surface area (Å²) in [6, 6.07) is 6.22. The number of hydrogen-bond acceptors (Lipinski definition) is 3. The van der Waals surface area contributed by atoms with E-state index < -0.39 is 5.97 Å². The highest BCUT2D eigenvalue weighted by atomic mass is 35.5. The molecular weight excluding hydrogens is 311 g/mol. The van der Waals surface area contributed by atoms with Gasteiger partial charge in [0.1, 0.15) is 5.82 Å². The van der Waals surface area contributed by atoms with E-state index >= 15 is 0 Å². The van der Waals surface area contributed by atoms with Crippen LogP contribution >= 0.6 is 34.8 Å². The third-order valence-corrected chi connectivity index (χ3v) is 3.13. The van der Waals surface area contributed by atoms with Crippen molar-refractivity contribution in [1.29, 1.82) is 0 Å². The molecule has 1 aromatic carbocycles. The van der Waals surface area contributed by atoms with Crippen LogP contribution in [0.4, 0.5) is 11.5 Å². The molecule has 0 amide bonds. The van der Waals surface area contributed by atoms with E-state index in [1.807, 2.05) is 0 Å². The molecule has 0 aliphatic heterocycles. The van der Waals surface area contributed by atoms with Gasteiger partial charge < -0.3 is 10.4 Å².